The van der Waals surface area contributed by atoms with Crippen molar-refractivity contribution in [2.45, 2.75) is 51.4 Å². The van der Waals surface area contributed by atoms with Crippen LogP contribution in [0, 0.1) is 0 Å². The standard InChI is InChI=1S/C12H26O2P/c13-9-5-1-3-7-11-15-12-8-4-2-6-10-14/h13-14H,1-12H2. The summed E-state index contributed by atoms with van der Waals surface area (Å²) in [6.45, 7) is 0.700. The van der Waals surface area contributed by atoms with Crippen molar-refractivity contribution in [3.8, 4) is 0 Å². The fourth-order valence-corrected chi connectivity index (χ4v) is 2.61. The minimum absolute atomic E-state index is 0.350. The van der Waals surface area contributed by atoms with Gasteiger partial charge in [0, 0.05) is 13.2 Å². The molecule has 2 nitrogen and oxygen atoms in total. The van der Waals surface area contributed by atoms with Crippen molar-refractivity contribution in [3.05, 3.63) is 0 Å². The molecule has 0 heterocycles. The third-order valence-electron chi connectivity index (χ3n) is 2.45. The summed E-state index contributed by atoms with van der Waals surface area (Å²) in [6, 6.07) is 0. The summed E-state index contributed by atoms with van der Waals surface area (Å²) in [5, 5.41) is 17.2. The third-order valence-corrected chi connectivity index (χ3v) is 3.71. The lowest BCUT2D eigenvalue weighted by Crippen LogP contribution is -1.87. The molecule has 0 aromatic heterocycles. The molecule has 0 aromatic rings. The summed E-state index contributed by atoms with van der Waals surface area (Å²) in [7, 11) is 1.59. The highest BCUT2D eigenvalue weighted by molar-refractivity contribution is 7.37. The van der Waals surface area contributed by atoms with E-state index in [1.54, 1.807) is 8.58 Å². The lowest BCUT2D eigenvalue weighted by atomic mass is 10.2. The first kappa shape index (κ1) is 15.3. The molecule has 2 N–H and O–H groups in total. The number of hydrogen-bond acceptors (Lipinski definition) is 2. The quantitative estimate of drug-likeness (QED) is 0.402. The van der Waals surface area contributed by atoms with Crippen molar-refractivity contribution in [1.82, 2.24) is 0 Å². The molecule has 0 spiro atoms. The molecule has 0 fully saturated rings. The summed E-state index contributed by atoms with van der Waals surface area (Å²) >= 11 is 0. The summed E-state index contributed by atoms with van der Waals surface area (Å²) < 4.78 is 0. The Labute approximate surface area is 96.3 Å². The van der Waals surface area contributed by atoms with Gasteiger partial charge in [0.25, 0.3) is 0 Å². The first-order valence-electron chi connectivity index (χ1n) is 6.26. The van der Waals surface area contributed by atoms with Crippen LogP contribution in [0.25, 0.3) is 0 Å². The van der Waals surface area contributed by atoms with Crippen molar-refractivity contribution in [3.63, 3.8) is 0 Å². The van der Waals surface area contributed by atoms with Gasteiger partial charge in [-0.05, 0) is 38.0 Å². The molecule has 0 aromatic carbocycles. The normalized spacial score (nSPS) is 10.8. The van der Waals surface area contributed by atoms with E-state index in [1.165, 1.54) is 50.8 Å². The lowest BCUT2D eigenvalue weighted by molar-refractivity contribution is 0.283. The Balaban J connectivity index is 2.81. The van der Waals surface area contributed by atoms with Gasteiger partial charge < -0.3 is 10.2 Å². The van der Waals surface area contributed by atoms with Crippen LogP contribution in [0.2, 0.25) is 0 Å². The van der Waals surface area contributed by atoms with Crippen LogP contribution in [-0.4, -0.2) is 35.8 Å². The van der Waals surface area contributed by atoms with Crippen molar-refractivity contribution in [2.24, 2.45) is 0 Å². The molecule has 1 radical (unpaired) electrons. The van der Waals surface area contributed by atoms with Gasteiger partial charge in [0.05, 0.1) is 0 Å². The minimum Gasteiger partial charge on any atom is -0.396 e. The fraction of sp³-hybridized carbons (Fsp3) is 1.00. The van der Waals surface area contributed by atoms with E-state index in [1.807, 2.05) is 0 Å². The predicted octanol–water partition coefficient (Wildman–Crippen LogP) is 3.04. The molecular weight excluding hydrogens is 207 g/mol. The zero-order chi connectivity index (χ0) is 11.2. The Kier molecular flexibility index (Phi) is 14.7. The Morgan fingerprint density at radius 3 is 1.33 bits per heavy atom. The molecule has 0 unspecified atom stereocenters. The van der Waals surface area contributed by atoms with Gasteiger partial charge in [-0.3, -0.25) is 0 Å². The molecule has 0 saturated carbocycles. The molecule has 3 heteroatoms. The maximum atomic E-state index is 8.59. The first-order valence-corrected chi connectivity index (χ1v) is 7.53. The predicted molar refractivity (Wildman–Crippen MR) is 67.8 cm³/mol. The summed E-state index contributed by atoms with van der Waals surface area (Å²) in [5.41, 5.74) is 0. The van der Waals surface area contributed by atoms with Gasteiger partial charge in [0.2, 0.25) is 0 Å². The molecule has 0 bridgehead atoms. The number of aliphatic hydroxyl groups is 2. The molecule has 0 aliphatic rings. The van der Waals surface area contributed by atoms with Gasteiger partial charge in [0.15, 0.2) is 0 Å². The molecule has 0 rings (SSSR count). The Hall–Kier alpha value is 0.350. The smallest absolute Gasteiger partial charge is 0.0431 e. The maximum absolute atomic E-state index is 8.59. The second kappa shape index (κ2) is 14.3. The van der Waals surface area contributed by atoms with E-state index in [0.29, 0.717) is 13.2 Å². The highest BCUT2D eigenvalue weighted by Gasteiger charge is 1.92. The highest BCUT2D eigenvalue weighted by atomic mass is 31.1. The molecule has 0 atom stereocenters. The SMILES string of the molecule is OCCCCCC[P]CCCCCCO. The number of aliphatic hydroxyl groups excluding tert-OH is 2. The Morgan fingerprint density at radius 1 is 0.533 bits per heavy atom. The van der Waals surface area contributed by atoms with Gasteiger partial charge in [0.1, 0.15) is 0 Å². The van der Waals surface area contributed by atoms with Gasteiger partial charge in [-0.1, -0.05) is 34.3 Å². The van der Waals surface area contributed by atoms with Crippen LogP contribution in [0.3, 0.4) is 0 Å². The molecule has 0 saturated heterocycles. The zero-order valence-corrected chi connectivity index (χ0v) is 10.7. The monoisotopic (exact) mass is 233 g/mol. The van der Waals surface area contributed by atoms with Crippen LogP contribution in [0.5, 0.6) is 0 Å². The van der Waals surface area contributed by atoms with Crippen molar-refractivity contribution >= 4 is 8.58 Å². The number of hydrogen-bond donors (Lipinski definition) is 2. The van der Waals surface area contributed by atoms with E-state index in [9.17, 15) is 0 Å². The molecule has 0 aliphatic heterocycles. The molecule has 0 amide bonds. The molecular formula is C12H26O2P. The minimum atomic E-state index is 0.350. The van der Waals surface area contributed by atoms with E-state index < -0.39 is 0 Å². The fourth-order valence-electron chi connectivity index (χ4n) is 1.49. The van der Waals surface area contributed by atoms with Crippen LogP contribution in [0.1, 0.15) is 51.4 Å². The van der Waals surface area contributed by atoms with Gasteiger partial charge in [-0.15, -0.1) is 0 Å². The average molecular weight is 233 g/mol. The molecule has 91 valence electrons. The van der Waals surface area contributed by atoms with E-state index in [0.717, 1.165) is 12.8 Å². The van der Waals surface area contributed by atoms with Crippen molar-refractivity contribution in [2.75, 3.05) is 25.5 Å². The van der Waals surface area contributed by atoms with Crippen molar-refractivity contribution in [1.29, 1.82) is 0 Å². The largest absolute Gasteiger partial charge is 0.396 e. The van der Waals surface area contributed by atoms with Crippen LogP contribution < -0.4 is 0 Å². The van der Waals surface area contributed by atoms with Crippen LogP contribution in [0.15, 0.2) is 0 Å². The number of rotatable bonds is 12. The van der Waals surface area contributed by atoms with Gasteiger partial charge >= 0.3 is 0 Å². The van der Waals surface area contributed by atoms with E-state index >= 15 is 0 Å². The lowest BCUT2D eigenvalue weighted by Gasteiger charge is -2.01. The third kappa shape index (κ3) is 14.4. The van der Waals surface area contributed by atoms with E-state index in [-0.39, 0.29) is 0 Å². The number of unbranched alkanes of at least 4 members (excludes halogenated alkanes) is 6. The Morgan fingerprint density at radius 2 is 0.933 bits per heavy atom. The summed E-state index contributed by atoms with van der Waals surface area (Å²) in [6.07, 6.45) is 12.1. The second-order valence-corrected chi connectivity index (χ2v) is 5.29. The Bertz CT molecular complexity index is 97.8. The molecule has 15 heavy (non-hydrogen) atoms. The van der Waals surface area contributed by atoms with Crippen LogP contribution in [0.4, 0.5) is 0 Å². The maximum Gasteiger partial charge on any atom is 0.0431 e. The topological polar surface area (TPSA) is 40.5 Å². The summed E-state index contributed by atoms with van der Waals surface area (Å²) in [5.74, 6) is 0. The van der Waals surface area contributed by atoms with Gasteiger partial charge in [-0.2, -0.15) is 0 Å². The van der Waals surface area contributed by atoms with E-state index in [2.05, 4.69) is 0 Å². The second-order valence-electron chi connectivity index (χ2n) is 3.95. The average Bonchev–Trinajstić information content (AvgIpc) is 2.26. The first-order chi connectivity index (χ1) is 7.41. The van der Waals surface area contributed by atoms with Crippen molar-refractivity contribution < 1.29 is 10.2 Å². The van der Waals surface area contributed by atoms with Crippen LogP contribution >= 0.6 is 8.58 Å². The molecule has 0 aliphatic carbocycles. The summed E-state index contributed by atoms with van der Waals surface area (Å²) in [4.78, 5) is 0. The van der Waals surface area contributed by atoms with Gasteiger partial charge in [-0.25, -0.2) is 0 Å². The van der Waals surface area contributed by atoms with E-state index in [4.69, 9.17) is 10.2 Å². The zero-order valence-electron chi connectivity index (χ0n) is 9.83. The highest BCUT2D eigenvalue weighted by Crippen LogP contribution is 2.16. The van der Waals surface area contributed by atoms with Crippen LogP contribution in [-0.2, 0) is 0 Å².